The van der Waals surface area contributed by atoms with Gasteiger partial charge in [-0.3, -0.25) is 14.4 Å². The van der Waals surface area contributed by atoms with Crippen LogP contribution in [0.3, 0.4) is 0 Å². The number of rotatable bonds is 11. The molecule has 0 fully saturated rings. The summed E-state index contributed by atoms with van der Waals surface area (Å²) in [7, 11) is 0. The van der Waals surface area contributed by atoms with Gasteiger partial charge in [-0.05, 0) is 24.5 Å². The van der Waals surface area contributed by atoms with Crippen LogP contribution in [0.5, 0.6) is 0 Å². The third-order valence-corrected chi connectivity index (χ3v) is 5.23. The minimum absolute atomic E-state index is 0.0967. The van der Waals surface area contributed by atoms with Crippen LogP contribution in [-0.4, -0.2) is 69.7 Å². The highest BCUT2D eigenvalue weighted by atomic mass is 16.4. The molecule has 2 rings (SSSR count). The van der Waals surface area contributed by atoms with E-state index in [1.807, 2.05) is 24.3 Å². The summed E-state index contributed by atoms with van der Waals surface area (Å²) in [6, 6.07) is 3.71. The number of nitrogens with two attached hydrogens (primary N) is 1. The molecule has 3 amide bonds. The van der Waals surface area contributed by atoms with E-state index in [1.54, 1.807) is 20.0 Å². The fourth-order valence-electron chi connectivity index (χ4n) is 3.40. The van der Waals surface area contributed by atoms with Crippen LogP contribution >= 0.6 is 0 Å². The molecule has 4 unspecified atom stereocenters. The van der Waals surface area contributed by atoms with Gasteiger partial charge in [0.1, 0.15) is 18.1 Å². The number of amides is 3. The number of aliphatic hydroxyl groups excluding tert-OH is 1. The quantitative estimate of drug-likeness (QED) is 0.229. The summed E-state index contributed by atoms with van der Waals surface area (Å²) in [5, 5.41) is 27.6. The third kappa shape index (κ3) is 6.77. The average molecular weight is 462 g/mol. The average Bonchev–Trinajstić information content (AvgIpc) is 3.17. The van der Waals surface area contributed by atoms with Crippen molar-refractivity contribution in [2.24, 2.45) is 11.7 Å². The molecule has 180 valence electrons. The highest BCUT2D eigenvalue weighted by Crippen LogP contribution is 2.19. The number of hydrogen-bond acceptors (Lipinski definition) is 6. The molecule has 0 saturated carbocycles. The Morgan fingerprint density at radius 2 is 1.64 bits per heavy atom. The van der Waals surface area contributed by atoms with Crippen molar-refractivity contribution < 1.29 is 29.4 Å². The molecule has 4 atom stereocenters. The number of aromatic nitrogens is 1. The second-order valence-electron chi connectivity index (χ2n) is 8.18. The van der Waals surface area contributed by atoms with Gasteiger partial charge in [0.15, 0.2) is 0 Å². The van der Waals surface area contributed by atoms with Crippen molar-refractivity contribution in [1.82, 2.24) is 20.9 Å². The first-order valence-electron chi connectivity index (χ1n) is 10.6. The van der Waals surface area contributed by atoms with E-state index in [4.69, 9.17) is 5.73 Å². The topological polar surface area (TPSA) is 187 Å². The Labute approximate surface area is 191 Å². The van der Waals surface area contributed by atoms with Gasteiger partial charge in [-0.25, -0.2) is 4.79 Å². The number of aliphatic carboxylic acids is 1. The summed E-state index contributed by atoms with van der Waals surface area (Å²) in [5.74, 6) is -3.80. The molecular formula is C22H31N5O6. The summed E-state index contributed by atoms with van der Waals surface area (Å²) in [4.78, 5) is 52.2. The Balaban J connectivity index is 2.23. The van der Waals surface area contributed by atoms with Crippen molar-refractivity contribution in [1.29, 1.82) is 0 Å². The molecule has 8 N–H and O–H groups in total. The molecule has 0 aliphatic heterocycles. The van der Waals surface area contributed by atoms with E-state index in [0.29, 0.717) is 0 Å². The van der Waals surface area contributed by atoms with Crippen molar-refractivity contribution in [2.75, 3.05) is 6.54 Å². The fraction of sp³-hybridized carbons (Fsp3) is 0.455. The van der Waals surface area contributed by atoms with Gasteiger partial charge in [-0.15, -0.1) is 0 Å². The minimum atomic E-state index is -1.43. The largest absolute Gasteiger partial charge is 0.480 e. The Morgan fingerprint density at radius 1 is 1.00 bits per heavy atom. The van der Waals surface area contributed by atoms with Crippen molar-refractivity contribution in [3.63, 3.8) is 0 Å². The number of carbonyl (C=O) groups is 4. The van der Waals surface area contributed by atoms with Gasteiger partial charge in [-0.1, -0.05) is 32.0 Å². The van der Waals surface area contributed by atoms with E-state index < -0.39 is 53.8 Å². The van der Waals surface area contributed by atoms with Crippen molar-refractivity contribution in [3.8, 4) is 0 Å². The molecular weight excluding hydrogens is 430 g/mol. The van der Waals surface area contributed by atoms with E-state index in [2.05, 4.69) is 20.9 Å². The van der Waals surface area contributed by atoms with Gasteiger partial charge in [0.25, 0.3) is 0 Å². The number of aliphatic hydroxyl groups is 1. The van der Waals surface area contributed by atoms with E-state index in [-0.39, 0.29) is 13.0 Å². The van der Waals surface area contributed by atoms with Crippen LogP contribution in [-0.2, 0) is 25.6 Å². The van der Waals surface area contributed by atoms with Gasteiger partial charge >= 0.3 is 5.97 Å². The van der Waals surface area contributed by atoms with Crippen molar-refractivity contribution in [2.45, 2.75) is 51.4 Å². The highest BCUT2D eigenvalue weighted by molar-refractivity contribution is 5.94. The zero-order valence-electron chi connectivity index (χ0n) is 18.8. The molecule has 0 spiro atoms. The molecule has 0 aliphatic rings. The van der Waals surface area contributed by atoms with E-state index in [9.17, 15) is 29.4 Å². The summed E-state index contributed by atoms with van der Waals surface area (Å²) in [6.07, 6.45) is 0.493. The number of carboxylic acids is 1. The zero-order valence-corrected chi connectivity index (χ0v) is 18.8. The Hall–Kier alpha value is -3.44. The molecule has 2 aromatic rings. The number of fused-ring (bicyclic) bond motifs is 1. The highest BCUT2D eigenvalue weighted by Gasteiger charge is 2.33. The summed E-state index contributed by atoms with van der Waals surface area (Å²) in [6.45, 7) is 4.19. The maximum Gasteiger partial charge on any atom is 0.326 e. The normalized spacial score (nSPS) is 14.8. The monoisotopic (exact) mass is 461 g/mol. The molecule has 0 bridgehead atoms. The van der Waals surface area contributed by atoms with E-state index in [0.717, 1.165) is 16.5 Å². The summed E-state index contributed by atoms with van der Waals surface area (Å²) >= 11 is 0. The number of aromatic amines is 1. The van der Waals surface area contributed by atoms with Crippen LogP contribution in [0.4, 0.5) is 0 Å². The number of para-hydroxylation sites is 1. The number of carbonyl (C=O) groups excluding carboxylic acids is 3. The van der Waals surface area contributed by atoms with E-state index in [1.165, 1.54) is 6.92 Å². The molecule has 1 heterocycles. The Morgan fingerprint density at radius 3 is 2.21 bits per heavy atom. The molecule has 33 heavy (non-hydrogen) atoms. The van der Waals surface area contributed by atoms with Gasteiger partial charge in [0.05, 0.1) is 12.6 Å². The minimum Gasteiger partial charge on any atom is -0.480 e. The first kappa shape index (κ1) is 25.8. The molecule has 11 heteroatoms. The number of carboxylic acid groups (broad SMARTS) is 1. The first-order valence-corrected chi connectivity index (χ1v) is 10.6. The maximum atomic E-state index is 13.0. The molecule has 0 aliphatic carbocycles. The maximum absolute atomic E-state index is 13.0. The second-order valence-corrected chi connectivity index (χ2v) is 8.18. The van der Waals surface area contributed by atoms with Crippen molar-refractivity contribution in [3.05, 3.63) is 36.0 Å². The molecule has 11 nitrogen and oxygen atoms in total. The van der Waals surface area contributed by atoms with Gasteiger partial charge < -0.3 is 36.9 Å². The molecule has 1 aromatic heterocycles. The molecule has 0 radical (unpaired) electrons. The third-order valence-electron chi connectivity index (χ3n) is 5.23. The van der Waals surface area contributed by atoms with Crippen LogP contribution in [0.15, 0.2) is 30.5 Å². The van der Waals surface area contributed by atoms with E-state index >= 15 is 0 Å². The zero-order chi connectivity index (χ0) is 24.7. The summed E-state index contributed by atoms with van der Waals surface area (Å²) < 4.78 is 0. The fourth-order valence-corrected chi connectivity index (χ4v) is 3.40. The number of hydrogen-bond donors (Lipinski definition) is 7. The van der Waals surface area contributed by atoms with Crippen LogP contribution in [0.2, 0.25) is 0 Å². The predicted octanol–water partition coefficient (Wildman–Crippen LogP) is -0.755. The van der Waals surface area contributed by atoms with Crippen LogP contribution in [0, 0.1) is 5.92 Å². The number of H-pyrrole nitrogens is 1. The van der Waals surface area contributed by atoms with Crippen LogP contribution in [0.1, 0.15) is 26.3 Å². The lowest BCUT2D eigenvalue weighted by atomic mass is 10.0. The van der Waals surface area contributed by atoms with Crippen LogP contribution < -0.4 is 21.7 Å². The summed E-state index contributed by atoms with van der Waals surface area (Å²) in [5.41, 5.74) is 6.99. The second kappa shape index (κ2) is 11.4. The molecule has 1 aromatic carbocycles. The lowest BCUT2D eigenvalue weighted by Crippen LogP contribution is -2.60. The standard InChI is InChI=1S/C22H31N5O6/c1-11(2)18(22(32)33)26-21(31)19(12(3)28)27-20(30)16(25-17(29)9-23)8-13-10-24-15-7-5-4-6-14(13)15/h4-7,10-12,16,18-19,24,28H,8-9,23H2,1-3H3,(H,25,29)(H,26,31)(H,27,30)(H,32,33). The van der Waals surface area contributed by atoms with Crippen LogP contribution in [0.25, 0.3) is 10.9 Å². The van der Waals surface area contributed by atoms with Gasteiger partial charge in [0.2, 0.25) is 17.7 Å². The predicted molar refractivity (Wildman–Crippen MR) is 121 cm³/mol. The Bertz CT molecular complexity index is 1000. The number of nitrogens with one attached hydrogen (secondary N) is 4. The van der Waals surface area contributed by atoms with Gasteiger partial charge in [-0.2, -0.15) is 0 Å². The Kier molecular flexibility index (Phi) is 8.94. The lowest BCUT2D eigenvalue weighted by Gasteiger charge is -2.27. The first-order chi connectivity index (χ1) is 15.5. The SMILES string of the molecule is CC(C)C(NC(=O)C(NC(=O)C(Cc1c[nH]c2ccccc12)NC(=O)CN)C(C)O)C(=O)O. The van der Waals surface area contributed by atoms with Gasteiger partial charge in [0, 0.05) is 23.5 Å². The number of benzene rings is 1. The smallest absolute Gasteiger partial charge is 0.326 e. The van der Waals surface area contributed by atoms with Crippen molar-refractivity contribution >= 4 is 34.6 Å². The lowest BCUT2D eigenvalue weighted by molar-refractivity contribution is -0.144. The molecule has 0 saturated heterocycles.